The summed E-state index contributed by atoms with van der Waals surface area (Å²) in [5.74, 6) is -0.788. The number of ether oxygens (including phenoxy) is 1. The van der Waals surface area contributed by atoms with Crippen LogP contribution in [0.4, 0.5) is 0 Å². The molecule has 3 aliphatic rings. The number of fused-ring (bicyclic) bond motifs is 2. The van der Waals surface area contributed by atoms with E-state index in [-0.39, 0.29) is 29.6 Å². The summed E-state index contributed by atoms with van der Waals surface area (Å²) in [7, 11) is 1.37. The number of rotatable bonds is 8. The van der Waals surface area contributed by atoms with E-state index in [1.807, 2.05) is 0 Å². The molecule has 0 spiro atoms. The number of hydrogen-bond donors (Lipinski definition) is 1. The number of nitrogens with one attached hydrogen (secondary N) is 1. The van der Waals surface area contributed by atoms with Crippen LogP contribution in [0.1, 0.15) is 65.7 Å². The normalized spacial score (nSPS) is 22.0. The van der Waals surface area contributed by atoms with Crippen molar-refractivity contribution < 1.29 is 23.9 Å². The maximum absolute atomic E-state index is 12.4. The highest BCUT2D eigenvalue weighted by molar-refractivity contribution is 8.04. The number of benzene rings is 1. The van der Waals surface area contributed by atoms with Crippen LogP contribution in [-0.2, 0) is 14.3 Å². The number of nitrogens with zero attached hydrogens (tertiary/aromatic N) is 1. The Bertz CT molecular complexity index is 922. The van der Waals surface area contributed by atoms with Gasteiger partial charge in [-0.3, -0.25) is 19.3 Å². The van der Waals surface area contributed by atoms with Crippen molar-refractivity contribution in [2.45, 2.75) is 50.2 Å². The second-order valence-corrected chi connectivity index (χ2v) is 9.34. The number of methoxy groups -OCH3 is 1. The van der Waals surface area contributed by atoms with E-state index < -0.39 is 0 Å². The zero-order chi connectivity index (χ0) is 22.0. The van der Waals surface area contributed by atoms with E-state index in [0.29, 0.717) is 52.8 Å². The van der Waals surface area contributed by atoms with Gasteiger partial charge in [0.2, 0.25) is 5.91 Å². The van der Waals surface area contributed by atoms with E-state index in [1.54, 1.807) is 36.0 Å². The molecule has 1 aliphatic carbocycles. The first kappa shape index (κ1) is 21.6. The lowest BCUT2D eigenvalue weighted by atomic mass is 9.98. The summed E-state index contributed by atoms with van der Waals surface area (Å²) >= 11 is 1.58. The van der Waals surface area contributed by atoms with E-state index >= 15 is 0 Å². The van der Waals surface area contributed by atoms with Gasteiger partial charge in [-0.15, -0.1) is 11.8 Å². The lowest BCUT2D eigenvalue weighted by Crippen LogP contribution is -2.30. The van der Waals surface area contributed by atoms with E-state index in [4.69, 9.17) is 4.74 Å². The number of unbranched alkanes of at least 4 members (excludes halogenated alkanes) is 2. The third kappa shape index (κ3) is 4.26. The summed E-state index contributed by atoms with van der Waals surface area (Å²) < 4.78 is 4.94. The van der Waals surface area contributed by atoms with Gasteiger partial charge in [0, 0.05) is 24.1 Å². The molecule has 4 rings (SSSR count). The van der Waals surface area contributed by atoms with Crippen molar-refractivity contribution >= 4 is 35.5 Å². The lowest BCUT2D eigenvalue weighted by Gasteiger charge is -2.13. The Morgan fingerprint density at radius 1 is 1.10 bits per heavy atom. The molecule has 0 radical (unpaired) electrons. The van der Waals surface area contributed by atoms with Crippen LogP contribution in [0.5, 0.6) is 0 Å². The molecule has 0 aromatic heterocycles. The fourth-order valence-corrected chi connectivity index (χ4v) is 6.15. The van der Waals surface area contributed by atoms with Gasteiger partial charge in [0.15, 0.2) is 0 Å². The molecular weight excluding hydrogens is 416 g/mol. The van der Waals surface area contributed by atoms with E-state index in [2.05, 4.69) is 5.32 Å². The van der Waals surface area contributed by atoms with Gasteiger partial charge in [-0.25, -0.2) is 4.79 Å². The second kappa shape index (κ2) is 9.26. The average molecular weight is 443 g/mol. The summed E-state index contributed by atoms with van der Waals surface area (Å²) in [5.41, 5.74) is 1.54. The van der Waals surface area contributed by atoms with Crippen LogP contribution in [0, 0.1) is 5.92 Å². The van der Waals surface area contributed by atoms with Gasteiger partial charge in [0.05, 0.1) is 28.8 Å². The third-order valence-electron chi connectivity index (χ3n) is 6.16. The molecule has 7 nitrogen and oxygen atoms in total. The maximum Gasteiger partial charge on any atom is 0.336 e. The standard InChI is InChI=1S/C23H26N2O5S/c1-30-23(29)19-16-10-7-11-17(16)31-20(19)24-18(26)12-3-2-6-13-25-21(27)14-8-4-5-9-15(14)22(25)28/h4-5,8-9,16-17H,2-3,6-7,10-13H2,1H3,(H,24,26)/t16-,17-/m1/s1. The fourth-order valence-electron chi connectivity index (χ4n) is 4.59. The molecule has 0 bridgehead atoms. The van der Waals surface area contributed by atoms with Crippen LogP contribution in [0.2, 0.25) is 0 Å². The molecule has 3 amide bonds. The molecule has 1 aromatic rings. The molecule has 0 unspecified atom stereocenters. The Morgan fingerprint density at radius 3 is 2.48 bits per heavy atom. The molecule has 164 valence electrons. The largest absolute Gasteiger partial charge is 0.466 e. The van der Waals surface area contributed by atoms with Crippen LogP contribution in [0.15, 0.2) is 34.9 Å². The van der Waals surface area contributed by atoms with E-state index in [1.165, 1.54) is 12.0 Å². The van der Waals surface area contributed by atoms with Gasteiger partial charge < -0.3 is 10.1 Å². The summed E-state index contributed by atoms with van der Waals surface area (Å²) in [6.07, 6.45) is 5.45. The molecule has 1 saturated carbocycles. The smallest absolute Gasteiger partial charge is 0.336 e. The number of thioether (sulfide) groups is 1. The van der Waals surface area contributed by atoms with Crippen molar-refractivity contribution in [3.05, 3.63) is 46.0 Å². The molecule has 1 aromatic carbocycles. The minimum Gasteiger partial charge on any atom is -0.466 e. The van der Waals surface area contributed by atoms with Gasteiger partial charge in [0.25, 0.3) is 11.8 Å². The van der Waals surface area contributed by atoms with Crippen LogP contribution in [-0.4, -0.2) is 47.5 Å². The first-order valence-corrected chi connectivity index (χ1v) is 11.6. The van der Waals surface area contributed by atoms with Crippen LogP contribution in [0.25, 0.3) is 0 Å². The Labute approximate surface area is 185 Å². The van der Waals surface area contributed by atoms with Crippen molar-refractivity contribution in [1.82, 2.24) is 10.2 Å². The van der Waals surface area contributed by atoms with E-state index in [0.717, 1.165) is 25.7 Å². The average Bonchev–Trinajstić information content (AvgIpc) is 3.41. The number of imide groups is 1. The van der Waals surface area contributed by atoms with Crippen LogP contribution >= 0.6 is 11.8 Å². The minimum absolute atomic E-state index is 0.121. The molecule has 1 N–H and O–H groups in total. The van der Waals surface area contributed by atoms with Gasteiger partial charge in [-0.05, 0) is 37.8 Å². The molecule has 31 heavy (non-hydrogen) atoms. The quantitative estimate of drug-likeness (QED) is 0.377. The third-order valence-corrected chi connectivity index (χ3v) is 7.58. The molecule has 8 heteroatoms. The summed E-state index contributed by atoms with van der Waals surface area (Å²) in [4.78, 5) is 50.6. The number of esters is 1. The van der Waals surface area contributed by atoms with Crippen LogP contribution in [0.3, 0.4) is 0 Å². The molecule has 2 atom stereocenters. The summed E-state index contributed by atoms with van der Waals surface area (Å²) in [5, 5.41) is 3.92. The number of hydrogen-bond acceptors (Lipinski definition) is 6. The highest BCUT2D eigenvalue weighted by Crippen LogP contribution is 2.49. The van der Waals surface area contributed by atoms with Gasteiger partial charge >= 0.3 is 5.97 Å². The van der Waals surface area contributed by atoms with Crippen molar-refractivity contribution in [3.63, 3.8) is 0 Å². The minimum atomic E-state index is -0.349. The number of amides is 3. The number of carbonyl (C=O) groups is 4. The molecule has 1 fully saturated rings. The lowest BCUT2D eigenvalue weighted by molar-refractivity contribution is -0.136. The monoisotopic (exact) mass is 442 g/mol. The molecular formula is C23H26N2O5S. The van der Waals surface area contributed by atoms with Gasteiger partial charge in [-0.2, -0.15) is 0 Å². The Kier molecular flexibility index (Phi) is 6.46. The Balaban J connectivity index is 1.23. The highest BCUT2D eigenvalue weighted by Gasteiger charge is 2.43. The number of carbonyl (C=O) groups excluding carboxylic acids is 4. The summed E-state index contributed by atoms with van der Waals surface area (Å²) in [6.45, 7) is 0.352. The maximum atomic E-state index is 12.4. The first-order valence-electron chi connectivity index (χ1n) is 10.8. The predicted octanol–water partition coefficient (Wildman–Crippen LogP) is 3.26. The molecule has 0 saturated heterocycles. The topological polar surface area (TPSA) is 92.8 Å². The first-order chi connectivity index (χ1) is 15.0. The second-order valence-electron chi connectivity index (χ2n) is 8.09. The zero-order valence-corrected chi connectivity index (χ0v) is 18.3. The highest BCUT2D eigenvalue weighted by atomic mass is 32.2. The van der Waals surface area contributed by atoms with Gasteiger partial charge in [-0.1, -0.05) is 25.0 Å². The fraction of sp³-hybridized carbons (Fsp3) is 0.478. The zero-order valence-electron chi connectivity index (χ0n) is 17.5. The van der Waals surface area contributed by atoms with Crippen molar-refractivity contribution in [1.29, 1.82) is 0 Å². The van der Waals surface area contributed by atoms with Crippen LogP contribution < -0.4 is 5.32 Å². The van der Waals surface area contributed by atoms with Crippen molar-refractivity contribution in [2.75, 3.05) is 13.7 Å². The van der Waals surface area contributed by atoms with Crippen molar-refractivity contribution in [3.8, 4) is 0 Å². The molecule has 2 heterocycles. The SMILES string of the molecule is COC(=O)C1=C(NC(=O)CCCCCN2C(=O)c3ccccc3C2=O)S[C@@H]2CCC[C@@H]12. The van der Waals surface area contributed by atoms with Crippen molar-refractivity contribution in [2.24, 2.45) is 5.92 Å². The Morgan fingerprint density at radius 2 is 1.81 bits per heavy atom. The predicted molar refractivity (Wildman–Crippen MR) is 116 cm³/mol. The van der Waals surface area contributed by atoms with Gasteiger partial charge in [0.1, 0.15) is 0 Å². The summed E-state index contributed by atoms with van der Waals surface area (Å²) in [6, 6.07) is 6.85. The Hall–Kier alpha value is -2.61. The molecule has 2 aliphatic heterocycles. The van der Waals surface area contributed by atoms with E-state index in [9.17, 15) is 19.2 Å².